The lowest BCUT2D eigenvalue weighted by Gasteiger charge is -2.31. The fourth-order valence-electron chi connectivity index (χ4n) is 1.87. The van der Waals surface area contributed by atoms with E-state index in [2.05, 4.69) is 35.4 Å². The minimum Gasteiger partial charge on any atom is -0.369 e. The maximum atomic E-state index is 3.37. The second-order valence-electron chi connectivity index (χ2n) is 3.94. The Balaban J connectivity index is 1.96. The SMILES string of the molecule is CC1C=CC(N2CCNCC2)=CC1. The number of allylic oxidation sites excluding steroid dienone is 3. The third-order valence-electron chi connectivity index (χ3n) is 2.78. The van der Waals surface area contributed by atoms with Crippen molar-refractivity contribution in [2.75, 3.05) is 26.2 Å². The van der Waals surface area contributed by atoms with Crippen LogP contribution in [0.3, 0.4) is 0 Å². The van der Waals surface area contributed by atoms with Crippen molar-refractivity contribution < 1.29 is 0 Å². The fourth-order valence-corrected chi connectivity index (χ4v) is 1.87. The van der Waals surface area contributed by atoms with Crippen LogP contribution in [0, 0.1) is 5.92 Å². The quantitative estimate of drug-likeness (QED) is 0.652. The Kier molecular flexibility index (Phi) is 2.69. The molecule has 0 saturated carbocycles. The van der Waals surface area contributed by atoms with Gasteiger partial charge in [-0.15, -0.1) is 0 Å². The number of nitrogens with one attached hydrogen (secondary N) is 1. The van der Waals surface area contributed by atoms with E-state index in [1.165, 1.54) is 12.1 Å². The summed E-state index contributed by atoms with van der Waals surface area (Å²) in [6.07, 6.45) is 8.17. The third-order valence-corrected chi connectivity index (χ3v) is 2.78. The van der Waals surface area contributed by atoms with Gasteiger partial charge < -0.3 is 10.2 Å². The molecule has 1 atom stereocenters. The smallest absolute Gasteiger partial charge is 0.0323 e. The summed E-state index contributed by atoms with van der Waals surface area (Å²) >= 11 is 0. The molecule has 1 N–H and O–H groups in total. The minimum atomic E-state index is 0.728. The van der Waals surface area contributed by atoms with Gasteiger partial charge in [0.15, 0.2) is 0 Å². The predicted octanol–water partition coefficient (Wildman–Crippen LogP) is 1.37. The molecule has 0 bridgehead atoms. The van der Waals surface area contributed by atoms with Crippen LogP contribution in [0.15, 0.2) is 23.9 Å². The maximum absolute atomic E-state index is 3.37. The zero-order valence-corrected chi connectivity index (χ0v) is 8.29. The van der Waals surface area contributed by atoms with Crippen LogP contribution < -0.4 is 5.32 Å². The molecule has 1 unspecified atom stereocenters. The highest BCUT2D eigenvalue weighted by atomic mass is 15.2. The van der Waals surface area contributed by atoms with Gasteiger partial charge in [0.05, 0.1) is 0 Å². The highest BCUT2D eigenvalue weighted by Gasteiger charge is 2.13. The predicted molar refractivity (Wildman–Crippen MR) is 55.4 cm³/mol. The first-order chi connectivity index (χ1) is 6.36. The second-order valence-corrected chi connectivity index (χ2v) is 3.94. The van der Waals surface area contributed by atoms with Crippen molar-refractivity contribution in [2.45, 2.75) is 13.3 Å². The second kappa shape index (κ2) is 3.97. The highest BCUT2D eigenvalue weighted by molar-refractivity contribution is 5.22. The molecule has 2 nitrogen and oxygen atoms in total. The van der Waals surface area contributed by atoms with E-state index in [1.54, 1.807) is 0 Å². The Bertz CT molecular complexity index is 224. The van der Waals surface area contributed by atoms with Crippen LogP contribution in [-0.2, 0) is 0 Å². The first kappa shape index (κ1) is 8.82. The summed E-state index contributed by atoms with van der Waals surface area (Å²) in [6, 6.07) is 0. The van der Waals surface area contributed by atoms with E-state index in [1.807, 2.05) is 0 Å². The molecular formula is C11H18N2. The number of hydrogen-bond donors (Lipinski definition) is 1. The van der Waals surface area contributed by atoms with E-state index in [0.717, 1.165) is 32.1 Å². The van der Waals surface area contributed by atoms with E-state index in [0.29, 0.717) is 0 Å². The zero-order chi connectivity index (χ0) is 9.10. The van der Waals surface area contributed by atoms with E-state index in [9.17, 15) is 0 Å². The molecule has 0 aromatic rings. The van der Waals surface area contributed by atoms with Gasteiger partial charge in [-0.25, -0.2) is 0 Å². The number of rotatable bonds is 1. The molecule has 0 amide bonds. The number of piperazine rings is 1. The van der Waals surface area contributed by atoms with Crippen molar-refractivity contribution in [1.82, 2.24) is 10.2 Å². The van der Waals surface area contributed by atoms with E-state index >= 15 is 0 Å². The fraction of sp³-hybridized carbons (Fsp3) is 0.636. The van der Waals surface area contributed by atoms with Crippen molar-refractivity contribution in [3.8, 4) is 0 Å². The summed E-state index contributed by atoms with van der Waals surface area (Å²) in [5.41, 5.74) is 1.43. The van der Waals surface area contributed by atoms with Crippen molar-refractivity contribution in [3.05, 3.63) is 23.9 Å². The maximum Gasteiger partial charge on any atom is 0.0323 e. The van der Waals surface area contributed by atoms with Crippen molar-refractivity contribution in [3.63, 3.8) is 0 Å². The molecule has 1 saturated heterocycles. The normalized spacial score (nSPS) is 28.8. The third kappa shape index (κ3) is 2.13. The Morgan fingerprint density at radius 1 is 1.38 bits per heavy atom. The van der Waals surface area contributed by atoms with Gasteiger partial charge in [0.2, 0.25) is 0 Å². The lowest BCUT2D eigenvalue weighted by Crippen LogP contribution is -2.42. The van der Waals surface area contributed by atoms with Crippen LogP contribution in [-0.4, -0.2) is 31.1 Å². The average molecular weight is 178 g/mol. The molecule has 1 fully saturated rings. The zero-order valence-electron chi connectivity index (χ0n) is 8.29. The van der Waals surface area contributed by atoms with Gasteiger partial charge in [-0.2, -0.15) is 0 Å². The Hall–Kier alpha value is -0.760. The van der Waals surface area contributed by atoms with Crippen LogP contribution in [0.5, 0.6) is 0 Å². The standard InChI is InChI=1S/C11H18N2/c1-10-2-4-11(5-3-10)13-8-6-12-7-9-13/h2,4-5,10,12H,3,6-9H2,1H3. The Morgan fingerprint density at radius 3 is 2.77 bits per heavy atom. The summed E-state index contributed by atoms with van der Waals surface area (Å²) in [7, 11) is 0. The van der Waals surface area contributed by atoms with Crippen molar-refractivity contribution in [2.24, 2.45) is 5.92 Å². The minimum absolute atomic E-state index is 0.728. The molecule has 1 aliphatic heterocycles. The molecule has 0 spiro atoms. The molecule has 0 aromatic heterocycles. The van der Waals surface area contributed by atoms with Crippen LogP contribution in [0.4, 0.5) is 0 Å². The molecular weight excluding hydrogens is 160 g/mol. The molecule has 0 aromatic carbocycles. The van der Waals surface area contributed by atoms with Gasteiger partial charge in [0, 0.05) is 31.9 Å². The highest BCUT2D eigenvalue weighted by Crippen LogP contribution is 2.18. The van der Waals surface area contributed by atoms with Crippen LogP contribution in [0.1, 0.15) is 13.3 Å². The molecule has 0 radical (unpaired) electrons. The van der Waals surface area contributed by atoms with Gasteiger partial charge >= 0.3 is 0 Å². The summed E-state index contributed by atoms with van der Waals surface area (Å²) < 4.78 is 0. The van der Waals surface area contributed by atoms with Gasteiger partial charge in [-0.3, -0.25) is 0 Å². The lowest BCUT2D eigenvalue weighted by molar-refractivity contribution is 0.304. The monoisotopic (exact) mass is 178 g/mol. The number of nitrogens with zero attached hydrogens (tertiary/aromatic N) is 1. The van der Waals surface area contributed by atoms with Crippen LogP contribution >= 0.6 is 0 Å². The molecule has 2 heteroatoms. The molecule has 72 valence electrons. The molecule has 1 heterocycles. The van der Waals surface area contributed by atoms with Gasteiger partial charge in [0.25, 0.3) is 0 Å². The summed E-state index contributed by atoms with van der Waals surface area (Å²) in [6.45, 7) is 6.83. The lowest BCUT2D eigenvalue weighted by atomic mass is 10.0. The van der Waals surface area contributed by atoms with Crippen molar-refractivity contribution >= 4 is 0 Å². The Labute approximate surface area is 80.3 Å². The first-order valence-corrected chi connectivity index (χ1v) is 5.20. The first-order valence-electron chi connectivity index (χ1n) is 5.20. The van der Waals surface area contributed by atoms with E-state index < -0.39 is 0 Å². The summed E-state index contributed by atoms with van der Waals surface area (Å²) in [4.78, 5) is 2.47. The molecule has 2 rings (SSSR count). The van der Waals surface area contributed by atoms with Gasteiger partial charge in [0.1, 0.15) is 0 Å². The molecule has 13 heavy (non-hydrogen) atoms. The van der Waals surface area contributed by atoms with Gasteiger partial charge in [-0.1, -0.05) is 19.1 Å². The van der Waals surface area contributed by atoms with E-state index in [-0.39, 0.29) is 0 Å². The van der Waals surface area contributed by atoms with Crippen LogP contribution in [0.25, 0.3) is 0 Å². The molecule has 1 aliphatic carbocycles. The average Bonchev–Trinajstić information content (AvgIpc) is 2.20. The van der Waals surface area contributed by atoms with Crippen LogP contribution in [0.2, 0.25) is 0 Å². The topological polar surface area (TPSA) is 15.3 Å². The molecule has 2 aliphatic rings. The van der Waals surface area contributed by atoms with E-state index in [4.69, 9.17) is 0 Å². The largest absolute Gasteiger partial charge is 0.369 e. The van der Waals surface area contributed by atoms with Crippen molar-refractivity contribution in [1.29, 1.82) is 0 Å². The Morgan fingerprint density at radius 2 is 2.15 bits per heavy atom. The summed E-state index contributed by atoms with van der Waals surface area (Å²) in [5.74, 6) is 0.728. The number of hydrogen-bond acceptors (Lipinski definition) is 2. The summed E-state index contributed by atoms with van der Waals surface area (Å²) in [5, 5.41) is 3.37. The van der Waals surface area contributed by atoms with Gasteiger partial charge in [-0.05, 0) is 18.4 Å².